The fourth-order valence-corrected chi connectivity index (χ4v) is 4.98. The Morgan fingerprint density at radius 2 is 1.94 bits per heavy atom. The Bertz CT molecular complexity index is 1150. The van der Waals surface area contributed by atoms with Gasteiger partial charge < -0.3 is 20.1 Å². The number of aromatic amines is 1. The van der Waals surface area contributed by atoms with Crippen molar-refractivity contribution in [3.63, 3.8) is 0 Å². The number of hydrogen-bond donors (Lipinski definition) is 3. The maximum Gasteiger partial charge on any atom is 0.326 e. The minimum absolute atomic E-state index is 0.0660. The molecule has 5 rings (SSSR count). The summed E-state index contributed by atoms with van der Waals surface area (Å²) in [6.07, 6.45) is 7.05. The lowest BCUT2D eigenvalue weighted by Crippen LogP contribution is -2.40. The monoisotopic (exact) mass is 436 g/mol. The number of aromatic nitrogens is 3. The van der Waals surface area contributed by atoms with Crippen LogP contribution in [0.4, 0.5) is 0 Å². The van der Waals surface area contributed by atoms with Crippen molar-refractivity contribution < 1.29 is 14.6 Å². The van der Waals surface area contributed by atoms with E-state index in [1.807, 2.05) is 18.2 Å². The fraction of sp³-hybridized carbons (Fsp3) is 0.458. The second kappa shape index (κ2) is 8.88. The van der Waals surface area contributed by atoms with Gasteiger partial charge in [0.25, 0.3) is 5.91 Å². The van der Waals surface area contributed by atoms with Crippen molar-refractivity contribution in [1.82, 2.24) is 19.9 Å². The molecule has 1 saturated carbocycles. The van der Waals surface area contributed by atoms with Gasteiger partial charge in [0.15, 0.2) is 0 Å². The van der Waals surface area contributed by atoms with Gasteiger partial charge in [-0.1, -0.05) is 0 Å². The summed E-state index contributed by atoms with van der Waals surface area (Å²) < 4.78 is 7.42. The van der Waals surface area contributed by atoms with Crippen molar-refractivity contribution in [2.24, 2.45) is 5.92 Å². The molecule has 1 aromatic carbocycles. The molecular formula is C24H28N4O4. The molecule has 8 nitrogen and oxygen atoms in total. The predicted octanol–water partition coefficient (Wildman–Crippen LogP) is 2.19. The maximum atomic E-state index is 13.0. The zero-order valence-corrected chi connectivity index (χ0v) is 17.9. The van der Waals surface area contributed by atoms with E-state index < -0.39 is 0 Å². The van der Waals surface area contributed by atoms with Crippen LogP contribution in [0.15, 0.2) is 47.5 Å². The molecule has 3 heterocycles. The minimum atomic E-state index is -0.274. The number of nitrogens with zero attached hydrogens (tertiary/aromatic N) is 2. The highest BCUT2D eigenvalue weighted by atomic mass is 16.5. The standard InChI is InChI=1S/C24H28N4O4/c29-19-4-2-18(3-5-19)28-22-6-1-16(12-20(22)27-24(28)31)23(30)26-21-14-32-13-17(21)11-15-7-9-25-10-8-15/h1,6-10,12,17-19,21,29H,2-5,11,13-14H2,(H,26,30)(H,27,31)/t17-,18?,19?,21-/m1/s1. The highest BCUT2D eigenvalue weighted by molar-refractivity contribution is 5.97. The van der Waals surface area contributed by atoms with Crippen LogP contribution in [0.2, 0.25) is 0 Å². The molecule has 32 heavy (non-hydrogen) atoms. The number of fused-ring (bicyclic) bond motifs is 1. The van der Waals surface area contributed by atoms with Gasteiger partial charge >= 0.3 is 5.69 Å². The summed E-state index contributed by atoms with van der Waals surface area (Å²) >= 11 is 0. The molecule has 3 N–H and O–H groups in total. The number of carbonyl (C=O) groups is 1. The molecule has 0 unspecified atom stereocenters. The third-order valence-corrected chi connectivity index (χ3v) is 6.77. The quantitative estimate of drug-likeness (QED) is 0.568. The number of benzene rings is 1. The molecule has 1 saturated heterocycles. The number of imidazole rings is 1. The molecule has 2 atom stereocenters. The number of carbonyl (C=O) groups excluding carboxylic acids is 1. The molecule has 0 bridgehead atoms. The SMILES string of the molecule is O=C(N[C@@H]1COC[C@H]1Cc1ccncc1)c1ccc2c(c1)[nH]c(=O)n2C1CCC(O)CC1. The number of ether oxygens (including phenoxy) is 1. The van der Waals surface area contributed by atoms with Crippen LogP contribution in [0, 0.1) is 5.92 Å². The van der Waals surface area contributed by atoms with E-state index in [2.05, 4.69) is 15.3 Å². The van der Waals surface area contributed by atoms with Crippen LogP contribution in [0.3, 0.4) is 0 Å². The number of aliphatic hydroxyl groups excluding tert-OH is 1. The topological polar surface area (TPSA) is 109 Å². The lowest BCUT2D eigenvalue weighted by molar-refractivity contribution is 0.0925. The molecule has 1 aliphatic carbocycles. The van der Waals surface area contributed by atoms with Crippen molar-refractivity contribution in [3.8, 4) is 0 Å². The van der Waals surface area contributed by atoms with Crippen LogP contribution in [0.1, 0.15) is 47.6 Å². The fourth-order valence-electron chi connectivity index (χ4n) is 4.98. The smallest absolute Gasteiger partial charge is 0.326 e. The largest absolute Gasteiger partial charge is 0.393 e. The summed E-state index contributed by atoms with van der Waals surface area (Å²) in [7, 11) is 0. The summed E-state index contributed by atoms with van der Waals surface area (Å²) in [5.41, 5.74) is 2.97. The van der Waals surface area contributed by atoms with Crippen molar-refractivity contribution >= 4 is 16.9 Å². The van der Waals surface area contributed by atoms with Crippen molar-refractivity contribution in [2.75, 3.05) is 13.2 Å². The summed E-state index contributed by atoms with van der Waals surface area (Å²) in [4.78, 5) is 32.5. The summed E-state index contributed by atoms with van der Waals surface area (Å²) in [5, 5.41) is 12.9. The molecular weight excluding hydrogens is 408 g/mol. The Balaban J connectivity index is 1.31. The van der Waals surface area contributed by atoms with E-state index >= 15 is 0 Å². The molecule has 3 aromatic rings. The van der Waals surface area contributed by atoms with Crippen molar-refractivity contribution in [3.05, 3.63) is 64.3 Å². The van der Waals surface area contributed by atoms with E-state index in [9.17, 15) is 14.7 Å². The van der Waals surface area contributed by atoms with E-state index in [1.54, 1.807) is 29.1 Å². The molecule has 0 spiro atoms. The number of H-pyrrole nitrogens is 1. The lowest BCUT2D eigenvalue weighted by atomic mass is 9.93. The summed E-state index contributed by atoms with van der Waals surface area (Å²) in [5.74, 6) is 0.0316. The van der Waals surface area contributed by atoms with Crippen LogP contribution < -0.4 is 11.0 Å². The predicted molar refractivity (Wildman–Crippen MR) is 120 cm³/mol. The maximum absolute atomic E-state index is 13.0. The third-order valence-electron chi connectivity index (χ3n) is 6.77. The van der Waals surface area contributed by atoms with Gasteiger partial charge in [0, 0.05) is 29.9 Å². The first kappa shape index (κ1) is 20.9. The molecule has 8 heteroatoms. The van der Waals surface area contributed by atoms with E-state index in [-0.39, 0.29) is 35.7 Å². The van der Waals surface area contributed by atoms with Crippen LogP contribution in [0.25, 0.3) is 11.0 Å². The van der Waals surface area contributed by atoms with Crippen LogP contribution >= 0.6 is 0 Å². The Morgan fingerprint density at radius 3 is 2.72 bits per heavy atom. The Morgan fingerprint density at radius 1 is 1.16 bits per heavy atom. The molecule has 0 radical (unpaired) electrons. The molecule has 2 aromatic heterocycles. The van der Waals surface area contributed by atoms with Gasteiger partial charge in [-0.25, -0.2) is 4.79 Å². The zero-order valence-electron chi connectivity index (χ0n) is 17.9. The highest BCUT2D eigenvalue weighted by Crippen LogP contribution is 2.30. The van der Waals surface area contributed by atoms with Gasteiger partial charge in [-0.05, 0) is 68.0 Å². The van der Waals surface area contributed by atoms with Crippen molar-refractivity contribution in [2.45, 2.75) is 50.3 Å². The van der Waals surface area contributed by atoms with E-state index in [0.29, 0.717) is 37.1 Å². The molecule has 2 fully saturated rings. The lowest BCUT2D eigenvalue weighted by Gasteiger charge is -2.26. The minimum Gasteiger partial charge on any atom is -0.393 e. The van der Waals surface area contributed by atoms with Gasteiger partial charge in [-0.3, -0.25) is 14.3 Å². The summed E-state index contributed by atoms with van der Waals surface area (Å²) in [6, 6.07) is 9.33. The number of amides is 1. The second-order valence-corrected chi connectivity index (χ2v) is 8.93. The van der Waals surface area contributed by atoms with Gasteiger partial charge in [-0.15, -0.1) is 0 Å². The Hall–Kier alpha value is -2.97. The number of rotatable bonds is 5. The van der Waals surface area contributed by atoms with Crippen LogP contribution in [-0.2, 0) is 11.2 Å². The average Bonchev–Trinajstić information content (AvgIpc) is 3.37. The van der Waals surface area contributed by atoms with Gasteiger partial charge in [0.2, 0.25) is 0 Å². The molecule has 2 aliphatic rings. The normalized spacial score (nSPS) is 25.8. The van der Waals surface area contributed by atoms with Gasteiger partial charge in [0.1, 0.15) is 0 Å². The molecule has 1 aliphatic heterocycles. The molecule has 168 valence electrons. The number of hydrogen-bond acceptors (Lipinski definition) is 5. The van der Waals surface area contributed by atoms with Crippen LogP contribution in [0.5, 0.6) is 0 Å². The van der Waals surface area contributed by atoms with E-state index in [4.69, 9.17) is 4.74 Å². The number of aliphatic hydroxyl groups is 1. The number of nitrogens with one attached hydrogen (secondary N) is 2. The van der Waals surface area contributed by atoms with Crippen molar-refractivity contribution in [1.29, 1.82) is 0 Å². The first-order valence-electron chi connectivity index (χ1n) is 11.3. The van der Waals surface area contributed by atoms with E-state index in [0.717, 1.165) is 24.8 Å². The zero-order chi connectivity index (χ0) is 22.1. The Labute approximate surface area is 185 Å². The third kappa shape index (κ3) is 4.20. The van der Waals surface area contributed by atoms with E-state index in [1.165, 1.54) is 5.56 Å². The average molecular weight is 437 g/mol. The highest BCUT2D eigenvalue weighted by Gasteiger charge is 2.30. The first-order valence-corrected chi connectivity index (χ1v) is 11.3. The second-order valence-electron chi connectivity index (χ2n) is 8.93. The van der Waals surface area contributed by atoms with Gasteiger partial charge in [0.05, 0.1) is 36.4 Å². The summed E-state index contributed by atoms with van der Waals surface area (Å²) in [6.45, 7) is 1.10. The Kier molecular flexibility index (Phi) is 5.80. The molecule has 1 amide bonds. The van der Waals surface area contributed by atoms with Gasteiger partial charge in [-0.2, -0.15) is 0 Å². The first-order chi connectivity index (χ1) is 15.6. The number of pyridine rings is 1. The van der Waals surface area contributed by atoms with Crippen LogP contribution in [-0.4, -0.2) is 50.9 Å².